The molecule has 0 aliphatic carbocycles. The van der Waals surface area contributed by atoms with Crippen LogP contribution in [0, 0.1) is 0 Å². The summed E-state index contributed by atoms with van der Waals surface area (Å²) in [6.07, 6.45) is 1.84. The van der Waals surface area contributed by atoms with Crippen LogP contribution in [0.25, 0.3) is 16.9 Å². The molecule has 0 radical (unpaired) electrons. The first kappa shape index (κ1) is 12.0. The van der Waals surface area contributed by atoms with Crippen molar-refractivity contribution in [3.8, 4) is 16.9 Å². The van der Waals surface area contributed by atoms with Gasteiger partial charge in [0, 0.05) is 10.0 Å². The molecule has 0 amide bonds. The molecule has 3 rings (SSSR count). The number of nitrogens with zero attached hydrogens (tertiary/aromatic N) is 2. The first-order valence-electron chi connectivity index (χ1n) is 5.90. The van der Waals surface area contributed by atoms with Crippen LogP contribution in [0.5, 0.6) is 0 Å². The fourth-order valence-corrected chi connectivity index (χ4v) is 2.20. The number of anilines is 1. The van der Waals surface area contributed by atoms with Crippen molar-refractivity contribution in [3.63, 3.8) is 0 Å². The van der Waals surface area contributed by atoms with Gasteiger partial charge in [-0.15, -0.1) is 0 Å². The van der Waals surface area contributed by atoms with Gasteiger partial charge in [0.25, 0.3) is 0 Å². The fraction of sp³-hybridized carbons (Fsp3) is 0. The van der Waals surface area contributed by atoms with E-state index in [0.717, 1.165) is 21.4 Å². The van der Waals surface area contributed by atoms with E-state index in [9.17, 15) is 0 Å². The number of aromatic nitrogens is 2. The van der Waals surface area contributed by atoms with Crippen molar-refractivity contribution in [3.05, 3.63) is 65.3 Å². The summed E-state index contributed by atoms with van der Waals surface area (Å²) in [5, 5.41) is 4.56. The number of benzene rings is 2. The molecule has 0 unspecified atom stereocenters. The first-order chi connectivity index (χ1) is 9.24. The largest absolute Gasteiger partial charge is 0.396 e. The molecule has 0 fully saturated rings. The summed E-state index contributed by atoms with van der Waals surface area (Å²) in [6.45, 7) is 0. The molecule has 4 heteroatoms. The second kappa shape index (κ2) is 4.90. The van der Waals surface area contributed by atoms with Crippen molar-refractivity contribution >= 4 is 21.6 Å². The summed E-state index contributed by atoms with van der Waals surface area (Å²) < 4.78 is 2.84. The molecule has 1 aromatic heterocycles. The molecule has 1 heterocycles. The molecule has 2 aromatic carbocycles. The van der Waals surface area contributed by atoms with Crippen LogP contribution >= 0.6 is 15.9 Å². The molecule has 3 aromatic rings. The van der Waals surface area contributed by atoms with Gasteiger partial charge < -0.3 is 5.73 Å². The molecule has 0 atom stereocenters. The molecule has 0 saturated carbocycles. The third-order valence-corrected chi connectivity index (χ3v) is 3.41. The normalized spacial score (nSPS) is 10.6. The number of hydrogen-bond acceptors (Lipinski definition) is 2. The van der Waals surface area contributed by atoms with E-state index in [0.29, 0.717) is 5.69 Å². The highest BCUT2D eigenvalue weighted by Gasteiger charge is 2.09. The lowest BCUT2D eigenvalue weighted by Crippen LogP contribution is -1.93. The van der Waals surface area contributed by atoms with Crippen molar-refractivity contribution in [2.45, 2.75) is 0 Å². The van der Waals surface area contributed by atoms with Crippen LogP contribution < -0.4 is 5.73 Å². The Hall–Kier alpha value is -2.07. The Morgan fingerprint density at radius 1 is 0.947 bits per heavy atom. The second-order valence-corrected chi connectivity index (χ2v) is 5.14. The maximum absolute atomic E-state index is 6.05. The standard InChI is InChI=1S/C15H12BrN3/c16-12-8-6-11(7-9-12)15-14(17)10-19(18-15)13-4-2-1-3-5-13/h1-10H,17H2. The number of rotatable bonds is 2. The van der Waals surface area contributed by atoms with E-state index in [4.69, 9.17) is 5.73 Å². The Balaban J connectivity index is 2.05. The zero-order chi connectivity index (χ0) is 13.2. The number of nitrogen functional groups attached to an aromatic ring is 1. The summed E-state index contributed by atoms with van der Waals surface area (Å²) in [4.78, 5) is 0. The zero-order valence-electron chi connectivity index (χ0n) is 10.1. The highest BCUT2D eigenvalue weighted by molar-refractivity contribution is 9.10. The summed E-state index contributed by atoms with van der Waals surface area (Å²) in [6, 6.07) is 17.9. The van der Waals surface area contributed by atoms with E-state index in [-0.39, 0.29) is 0 Å². The van der Waals surface area contributed by atoms with Crippen LogP contribution in [-0.4, -0.2) is 9.78 Å². The van der Waals surface area contributed by atoms with Crippen LogP contribution in [0.15, 0.2) is 65.3 Å². The van der Waals surface area contributed by atoms with Gasteiger partial charge in [0.1, 0.15) is 5.69 Å². The maximum Gasteiger partial charge on any atom is 0.116 e. The lowest BCUT2D eigenvalue weighted by Gasteiger charge is -2.00. The minimum absolute atomic E-state index is 0.672. The van der Waals surface area contributed by atoms with E-state index >= 15 is 0 Å². The summed E-state index contributed by atoms with van der Waals surface area (Å²) in [5.41, 5.74) is 9.54. The van der Waals surface area contributed by atoms with Gasteiger partial charge in [0.2, 0.25) is 0 Å². The third kappa shape index (κ3) is 2.39. The van der Waals surface area contributed by atoms with Crippen LogP contribution in [0.3, 0.4) is 0 Å². The molecular formula is C15H12BrN3. The summed E-state index contributed by atoms with van der Waals surface area (Å²) in [5.74, 6) is 0. The van der Waals surface area contributed by atoms with Gasteiger partial charge in [0.15, 0.2) is 0 Å². The van der Waals surface area contributed by atoms with Crippen molar-refractivity contribution in [1.82, 2.24) is 9.78 Å². The zero-order valence-corrected chi connectivity index (χ0v) is 11.7. The van der Waals surface area contributed by atoms with Crippen molar-refractivity contribution in [1.29, 1.82) is 0 Å². The van der Waals surface area contributed by atoms with Gasteiger partial charge in [0.05, 0.1) is 17.6 Å². The van der Waals surface area contributed by atoms with Crippen LogP contribution in [-0.2, 0) is 0 Å². The van der Waals surface area contributed by atoms with Gasteiger partial charge in [-0.05, 0) is 24.3 Å². The van der Waals surface area contributed by atoms with E-state index in [1.54, 1.807) is 4.68 Å². The highest BCUT2D eigenvalue weighted by atomic mass is 79.9. The topological polar surface area (TPSA) is 43.8 Å². The molecule has 2 N–H and O–H groups in total. The quantitative estimate of drug-likeness (QED) is 0.780. The predicted molar refractivity (Wildman–Crippen MR) is 81.1 cm³/mol. The molecule has 19 heavy (non-hydrogen) atoms. The smallest absolute Gasteiger partial charge is 0.116 e. The Bertz CT molecular complexity index is 687. The highest BCUT2D eigenvalue weighted by Crippen LogP contribution is 2.26. The number of hydrogen-bond donors (Lipinski definition) is 1. The second-order valence-electron chi connectivity index (χ2n) is 4.22. The first-order valence-corrected chi connectivity index (χ1v) is 6.70. The minimum Gasteiger partial charge on any atom is -0.396 e. The molecule has 0 aliphatic rings. The lowest BCUT2D eigenvalue weighted by atomic mass is 10.1. The minimum atomic E-state index is 0.672. The summed E-state index contributed by atoms with van der Waals surface area (Å²) >= 11 is 3.42. The molecule has 0 bridgehead atoms. The molecule has 0 aliphatic heterocycles. The van der Waals surface area contributed by atoms with E-state index in [2.05, 4.69) is 21.0 Å². The molecule has 0 spiro atoms. The maximum atomic E-state index is 6.05. The van der Waals surface area contributed by atoms with Crippen LogP contribution in [0.1, 0.15) is 0 Å². The SMILES string of the molecule is Nc1cn(-c2ccccc2)nc1-c1ccc(Br)cc1. The van der Waals surface area contributed by atoms with Crippen LogP contribution in [0.2, 0.25) is 0 Å². The molecular weight excluding hydrogens is 302 g/mol. The van der Waals surface area contributed by atoms with Gasteiger partial charge in [-0.25, -0.2) is 4.68 Å². The fourth-order valence-electron chi connectivity index (χ4n) is 1.93. The van der Waals surface area contributed by atoms with Gasteiger partial charge >= 0.3 is 0 Å². The average molecular weight is 314 g/mol. The third-order valence-electron chi connectivity index (χ3n) is 2.88. The van der Waals surface area contributed by atoms with Crippen molar-refractivity contribution < 1.29 is 0 Å². The van der Waals surface area contributed by atoms with Gasteiger partial charge in [-0.3, -0.25) is 0 Å². The van der Waals surface area contributed by atoms with E-state index < -0.39 is 0 Å². The monoisotopic (exact) mass is 313 g/mol. The lowest BCUT2D eigenvalue weighted by molar-refractivity contribution is 0.884. The number of para-hydroxylation sites is 1. The van der Waals surface area contributed by atoms with Gasteiger partial charge in [-0.2, -0.15) is 5.10 Å². The number of halogens is 1. The van der Waals surface area contributed by atoms with E-state index in [1.165, 1.54) is 0 Å². The predicted octanol–water partition coefficient (Wildman–Crippen LogP) is 3.88. The Morgan fingerprint density at radius 2 is 1.63 bits per heavy atom. The number of nitrogens with two attached hydrogens (primary N) is 1. The Morgan fingerprint density at radius 3 is 2.32 bits per heavy atom. The molecule has 94 valence electrons. The Labute approximate surface area is 119 Å². The van der Waals surface area contributed by atoms with Crippen molar-refractivity contribution in [2.24, 2.45) is 0 Å². The van der Waals surface area contributed by atoms with Crippen LogP contribution in [0.4, 0.5) is 5.69 Å². The Kier molecular flexibility index (Phi) is 3.09. The van der Waals surface area contributed by atoms with Crippen molar-refractivity contribution in [2.75, 3.05) is 5.73 Å². The summed E-state index contributed by atoms with van der Waals surface area (Å²) in [7, 11) is 0. The average Bonchev–Trinajstić information content (AvgIpc) is 2.83. The molecule has 3 nitrogen and oxygen atoms in total. The van der Waals surface area contributed by atoms with Gasteiger partial charge in [-0.1, -0.05) is 46.3 Å². The molecule has 0 saturated heterocycles. The van der Waals surface area contributed by atoms with E-state index in [1.807, 2.05) is 60.8 Å².